The first-order valence-electron chi connectivity index (χ1n) is 7.21. The Morgan fingerprint density at radius 1 is 1.26 bits per heavy atom. The van der Waals surface area contributed by atoms with Crippen LogP contribution in [-0.2, 0) is 16.6 Å². The number of hydrogen-bond acceptors (Lipinski definition) is 5. The van der Waals surface area contributed by atoms with Crippen LogP contribution in [0.25, 0.3) is 0 Å². The van der Waals surface area contributed by atoms with E-state index in [0.29, 0.717) is 24.3 Å². The van der Waals surface area contributed by atoms with E-state index < -0.39 is 10.0 Å². The first-order valence-corrected chi connectivity index (χ1v) is 8.65. The standard InChI is InChI=1S/C15H16N4O3S/c20-15(17-10-13-5-6-16-11-18-13)12-3-1-4-14(9-12)23(21,22)19-7-2-8-19/h1,3-6,9,11H,2,7-8,10H2,(H,17,20). The third-order valence-corrected chi connectivity index (χ3v) is 5.52. The van der Waals surface area contributed by atoms with Crippen LogP contribution in [0.4, 0.5) is 0 Å². The summed E-state index contributed by atoms with van der Waals surface area (Å²) >= 11 is 0. The maximum Gasteiger partial charge on any atom is 0.251 e. The summed E-state index contributed by atoms with van der Waals surface area (Å²) in [5.74, 6) is -0.343. The lowest BCUT2D eigenvalue weighted by Crippen LogP contribution is -2.41. The van der Waals surface area contributed by atoms with Gasteiger partial charge in [0.1, 0.15) is 6.33 Å². The summed E-state index contributed by atoms with van der Waals surface area (Å²) in [7, 11) is -3.49. The summed E-state index contributed by atoms with van der Waals surface area (Å²) in [4.78, 5) is 20.2. The van der Waals surface area contributed by atoms with E-state index in [9.17, 15) is 13.2 Å². The molecule has 0 bridgehead atoms. The van der Waals surface area contributed by atoms with Crippen molar-refractivity contribution in [2.45, 2.75) is 17.9 Å². The van der Waals surface area contributed by atoms with Crippen molar-refractivity contribution >= 4 is 15.9 Å². The van der Waals surface area contributed by atoms with E-state index in [4.69, 9.17) is 0 Å². The minimum absolute atomic E-state index is 0.145. The predicted molar refractivity (Wildman–Crippen MR) is 83.0 cm³/mol. The van der Waals surface area contributed by atoms with Gasteiger partial charge in [-0.2, -0.15) is 4.31 Å². The van der Waals surface area contributed by atoms with E-state index in [0.717, 1.165) is 6.42 Å². The second-order valence-electron chi connectivity index (χ2n) is 5.17. The minimum Gasteiger partial charge on any atom is -0.346 e. The first kappa shape index (κ1) is 15.6. The Morgan fingerprint density at radius 3 is 2.74 bits per heavy atom. The van der Waals surface area contributed by atoms with Crippen LogP contribution in [0.15, 0.2) is 47.8 Å². The molecule has 0 aliphatic carbocycles. The molecule has 1 amide bonds. The topological polar surface area (TPSA) is 92.3 Å². The van der Waals surface area contributed by atoms with Crippen LogP contribution in [0.3, 0.4) is 0 Å². The summed E-state index contributed by atoms with van der Waals surface area (Å²) in [5.41, 5.74) is 0.985. The highest BCUT2D eigenvalue weighted by Gasteiger charge is 2.29. The van der Waals surface area contributed by atoms with Crippen LogP contribution >= 0.6 is 0 Å². The van der Waals surface area contributed by atoms with Crippen molar-refractivity contribution in [2.24, 2.45) is 0 Å². The molecule has 1 fully saturated rings. The number of hydrogen-bond donors (Lipinski definition) is 1. The average molecular weight is 332 g/mol. The average Bonchev–Trinajstić information content (AvgIpc) is 2.51. The molecule has 23 heavy (non-hydrogen) atoms. The molecule has 7 nitrogen and oxygen atoms in total. The molecule has 1 aromatic heterocycles. The highest BCUT2D eigenvalue weighted by Crippen LogP contribution is 2.21. The molecule has 2 aromatic rings. The normalized spacial score (nSPS) is 15.0. The van der Waals surface area contributed by atoms with Gasteiger partial charge in [-0.05, 0) is 30.7 Å². The molecular weight excluding hydrogens is 316 g/mol. The Morgan fingerprint density at radius 2 is 2.09 bits per heavy atom. The van der Waals surface area contributed by atoms with Crippen molar-refractivity contribution in [3.63, 3.8) is 0 Å². The predicted octanol–water partition coefficient (Wildman–Crippen LogP) is 0.801. The molecule has 0 spiro atoms. The number of rotatable bonds is 5. The zero-order chi connectivity index (χ0) is 16.3. The molecule has 1 aliphatic rings. The van der Waals surface area contributed by atoms with Gasteiger partial charge in [-0.15, -0.1) is 0 Å². The van der Waals surface area contributed by atoms with E-state index in [1.54, 1.807) is 24.4 Å². The fourth-order valence-electron chi connectivity index (χ4n) is 2.17. The Kier molecular flexibility index (Phi) is 4.35. The summed E-state index contributed by atoms with van der Waals surface area (Å²) in [6, 6.07) is 7.78. The lowest BCUT2D eigenvalue weighted by Gasteiger charge is -2.29. The third kappa shape index (κ3) is 3.38. The maximum absolute atomic E-state index is 12.3. The van der Waals surface area contributed by atoms with Gasteiger partial charge in [-0.1, -0.05) is 6.07 Å². The molecule has 0 radical (unpaired) electrons. The van der Waals surface area contributed by atoms with E-state index in [1.165, 1.54) is 22.8 Å². The number of carbonyl (C=O) groups excluding carboxylic acids is 1. The van der Waals surface area contributed by atoms with Crippen molar-refractivity contribution in [1.29, 1.82) is 0 Å². The van der Waals surface area contributed by atoms with Gasteiger partial charge in [-0.25, -0.2) is 18.4 Å². The monoisotopic (exact) mass is 332 g/mol. The molecule has 2 heterocycles. The van der Waals surface area contributed by atoms with Crippen molar-refractivity contribution in [2.75, 3.05) is 13.1 Å². The third-order valence-electron chi connectivity index (χ3n) is 3.62. The van der Waals surface area contributed by atoms with Crippen LogP contribution in [0.2, 0.25) is 0 Å². The van der Waals surface area contributed by atoms with Crippen molar-refractivity contribution in [3.8, 4) is 0 Å². The Bertz CT molecular complexity index is 804. The van der Waals surface area contributed by atoms with Crippen molar-refractivity contribution < 1.29 is 13.2 Å². The van der Waals surface area contributed by atoms with Gasteiger partial charge in [0.2, 0.25) is 10.0 Å². The van der Waals surface area contributed by atoms with E-state index in [1.807, 2.05) is 0 Å². The highest BCUT2D eigenvalue weighted by molar-refractivity contribution is 7.89. The summed E-state index contributed by atoms with van der Waals surface area (Å²) in [5, 5.41) is 2.71. The molecule has 0 atom stereocenters. The number of nitrogens with zero attached hydrogens (tertiary/aromatic N) is 3. The van der Waals surface area contributed by atoms with E-state index in [2.05, 4.69) is 15.3 Å². The van der Waals surface area contributed by atoms with Crippen molar-refractivity contribution in [1.82, 2.24) is 19.6 Å². The van der Waals surface area contributed by atoms with Gasteiger partial charge in [0.25, 0.3) is 5.91 Å². The number of benzene rings is 1. The van der Waals surface area contributed by atoms with Gasteiger partial charge < -0.3 is 5.32 Å². The molecular formula is C15H16N4O3S. The van der Waals surface area contributed by atoms with Gasteiger partial charge in [0.05, 0.1) is 17.1 Å². The minimum atomic E-state index is -3.49. The number of sulfonamides is 1. The number of nitrogens with one attached hydrogen (secondary N) is 1. The molecule has 0 saturated carbocycles. The molecule has 3 rings (SSSR count). The van der Waals surface area contributed by atoms with E-state index in [-0.39, 0.29) is 17.3 Å². The molecule has 1 aromatic carbocycles. The van der Waals surface area contributed by atoms with Crippen LogP contribution in [0.1, 0.15) is 22.5 Å². The lowest BCUT2D eigenvalue weighted by atomic mass is 10.2. The number of amides is 1. The zero-order valence-electron chi connectivity index (χ0n) is 12.3. The fourth-order valence-corrected chi connectivity index (χ4v) is 3.73. The second-order valence-corrected chi connectivity index (χ2v) is 7.11. The fraction of sp³-hybridized carbons (Fsp3) is 0.267. The highest BCUT2D eigenvalue weighted by atomic mass is 32.2. The summed E-state index contributed by atoms with van der Waals surface area (Å²) < 4.78 is 26.1. The van der Waals surface area contributed by atoms with Crippen LogP contribution < -0.4 is 5.32 Å². The Balaban J connectivity index is 1.73. The number of aromatic nitrogens is 2. The van der Waals surface area contributed by atoms with Crippen LogP contribution in [0, 0.1) is 0 Å². The summed E-state index contributed by atoms with van der Waals surface area (Å²) in [6.45, 7) is 1.32. The van der Waals surface area contributed by atoms with Gasteiger partial charge in [0.15, 0.2) is 0 Å². The molecule has 1 N–H and O–H groups in total. The quantitative estimate of drug-likeness (QED) is 0.874. The smallest absolute Gasteiger partial charge is 0.251 e. The number of carbonyl (C=O) groups is 1. The molecule has 8 heteroatoms. The Hall–Kier alpha value is -2.32. The van der Waals surface area contributed by atoms with Crippen LogP contribution in [0.5, 0.6) is 0 Å². The molecule has 120 valence electrons. The lowest BCUT2D eigenvalue weighted by molar-refractivity contribution is 0.0950. The Labute approximate surface area is 134 Å². The van der Waals surface area contributed by atoms with Gasteiger partial charge >= 0.3 is 0 Å². The second kappa shape index (κ2) is 6.43. The summed E-state index contributed by atoms with van der Waals surface area (Å²) in [6.07, 6.45) is 3.87. The maximum atomic E-state index is 12.3. The van der Waals surface area contributed by atoms with Crippen LogP contribution in [-0.4, -0.2) is 41.7 Å². The molecule has 1 saturated heterocycles. The largest absolute Gasteiger partial charge is 0.346 e. The SMILES string of the molecule is O=C(NCc1ccncn1)c1cccc(S(=O)(=O)N2CCC2)c1. The van der Waals surface area contributed by atoms with Gasteiger partial charge in [-0.3, -0.25) is 4.79 Å². The molecule has 0 unspecified atom stereocenters. The molecule has 1 aliphatic heterocycles. The van der Waals surface area contributed by atoms with Gasteiger partial charge in [0, 0.05) is 24.8 Å². The zero-order valence-corrected chi connectivity index (χ0v) is 13.2. The van der Waals surface area contributed by atoms with Crippen molar-refractivity contribution in [3.05, 3.63) is 54.1 Å². The van der Waals surface area contributed by atoms with E-state index >= 15 is 0 Å². The first-order chi connectivity index (χ1) is 11.1.